The summed E-state index contributed by atoms with van der Waals surface area (Å²) in [7, 11) is 5.93. The first-order valence-electron chi connectivity index (χ1n) is 10.1. The Morgan fingerprint density at radius 3 is 1.56 bits per heavy atom. The van der Waals surface area contributed by atoms with Crippen LogP contribution in [0.1, 0.15) is 0 Å². The van der Waals surface area contributed by atoms with Crippen LogP contribution in [0.2, 0.25) is 0 Å². The van der Waals surface area contributed by atoms with Crippen LogP contribution >= 0.6 is 21.6 Å². The van der Waals surface area contributed by atoms with Gasteiger partial charge in [-0.2, -0.15) is 0 Å². The van der Waals surface area contributed by atoms with Crippen LogP contribution in [0.4, 0.5) is 0 Å². The van der Waals surface area contributed by atoms with Crippen LogP contribution in [0.15, 0.2) is 0 Å². The Kier molecular flexibility index (Phi) is 12.6. The van der Waals surface area contributed by atoms with Crippen LogP contribution < -0.4 is 16.0 Å². The fraction of sp³-hybridized carbons (Fsp3) is 1.00. The molecule has 0 amide bonds. The lowest BCUT2D eigenvalue weighted by Crippen LogP contribution is -2.52. The Morgan fingerprint density at radius 2 is 1.19 bits per heavy atom. The third-order valence-electron chi connectivity index (χ3n) is 5.00. The molecule has 0 aromatic heterocycles. The standard InChI is InChI=1S/C12H26N4O2S2.C5H12N2/c17-7-5-15-3-1-13-9-11(15)19-20-12-10-14-2-4-16(12)6-8-18;1-7-4-2-6-3-5-7/h11-14,17-18H,1-10H2;6H,2-5H2,1H3. The minimum absolute atomic E-state index is 0.226. The third kappa shape index (κ3) is 9.16. The second-order valence-electron chi connectivity index (χ2n) is 7.08. The van der Waals surface area contributed by atoms with Gasteiger partial charge in [0.15, 0.2) is 0 Å². The van der Waals surface area contributed by atoms with E-state index in [0.717, 1.165) is 65.4 Å². The summed E-state index contributed by atoms with van der Waals surface area (Å²) in [5, 5.41) is 29.2. The minimum atomic E-state index is 0.226. The number of hydrogen-bond acceptors (Lipinski definition) is 10. The van der Waals surface area contributed by atoms with Gasteiger partial charge >= 0.3 is 0 Å². The molecule has 0 aromatic carbocycles. The van der Waals surface area contributed by atoms with Crippen molar-refractivity contribution in [2.24, 2.45) is 0 Å². The molecule has 2 atom stereocenters. The van der Waals surface area contributed by atoms with Crippen molar-refractivity contribution in [1.82, 2.24) is 30.7 Å². The van der Waals surface area contributed by atoms with Crippen molar-refractivity contribution in [1.29, 1.82) is 0 Å². The highest BCUT2D eigenvalue weighted by Crippen LogP contribution is 2.35. The van der Waals surface area contributed by atoms with E-state index >= 15 is 0 Å². The number of aliphatic hydroxyl groups excluding tert-OH is 2. The summed E-state index contributed by atoms with van der Waals surface area (Å²) in [6.45, 7) is 12.7. The smallest absolute Gasteiger partial charge is 0.0790 e. The van der Waals surface area contributed by atoms with Gasteiger partial charge in [-0.3, -0.25) is 9.80 Å². The SMILES string of the molecule is CN1CCNCC1.OCCN1CCNCC1SSC1CNCCN1CCO. The fourth-order valence-corrected chi connectivity index (χ4v) is 6.51. The molecule has 3 saturated heterocycles. The van der Waals surface area contributed by atoms with Gasteiger partial charge in [0, 0.05) is 78.5 Å². The normalized spacial score (nSPS) is 28.6. The average molecular weight is 423 g/mol. The maximum Gasteiger partial charge on any atom is 0.0790 e. The van der Waals surface area contributed by atoms with Crippen LogP contribution in [-0.4, -0.2) is 134 Å². The molecule has 0 aromatic rings. The van der Waals surface area contributed by atoms with Crippen LogP contribution in [-0.2, 0) is 0 Å². The van der Waals surface area contributed by atoms with E-state index in [9.17, 15) is 0 Å². The maximum absolute atomic E-state index is 9.14. The summed E-state index contributed by atoms with van der Waals surface area (Å²) in [6.07, 6.45) is 0. The Labute approximate surface area is 172 Å². The molecule has 3 heterocycles. The molecule has 10 heteroatoms. The van der Waals surface area contributed by atoms with Gasteiger partial charge in [-0.25, -0.2) is 0 Å². The Bertz CT molecular complexity index is 349. The summed E-state index contributed by atoms with van der Waals surface area (Å²) >= 11 is 0. The van der Waals surface area contributed by atoms with Crippen molar-refractivity contribution in [2.45, 2.75) is 10.7 Å². The van der Waals surface area contributed by atoms with E-state index < -0.39 is 0 Å². The van der Waals surface area contributed by atoms with E-state index in [1.54, 1.807) is 0 Å². The van der Waals surface area contributed by atoms with Crippen molar-refractivity contribution >= 4 is 21.6 Å². The molecule has 0 saturated carbocycles. The number of likely N-dealkylation sites (N-methyl/N-ethyl adjacent to an activating group) is 1. The van der Waals surface area contributed by atoms with Gasteiger partial charge in [0.25, 0.3) is 0 Å². The van der Waals surface area contributed by atoms with Gasteiger partial charge in [0.2, 0.25) is 0 Å². The molecule has 0 radical (unpaired) electrons. The molecule has 3 aliphatic rings. The zero-order valence-corrected chi connectivity index (χ0v) is 18.2. The molecule has 0 bridgehead atoms. The summed E-state index contributed by atoms with van der Waals surface area (Å²) in [6, 6.07) is 0. The minimum Gasteiger partial charge on any atom is -0.395 e. The molecule has 3 rings (SSSR count). The van der Waals surface area contributed by atoms with Crippen LogP contribution in [0, 0.1) is 0 Å². The summed E-state index contributed by atoms with van der Waals surface area (Å²) in [4.78, 5) is 7.03. The average Bonchev–Trinajstić information content (AvgIpc) is 2.70. The van der Waals surface area contributed by atoms with Crippen molar-refractivity contribution in [3.63, 3.8) is 0 Å². The second kappa shape index (κ2) is 14.4. The molecule has 160 valence electrons. The van der Waals surface area contributed by atoms with E-state index in [0.29, 0.717) is 10.7 Å². The molecule has 0 aliphatic carbocycles. The number of aliphatic hydroxyl groups is 2. The highest BCUT2D eigenvalue weighted by molar-refractivity contribution is 8.77. The van der Waals surface area contributed by atoms with E-state index in [-0.39, 0.29) is 13.2 Å². The molecule has 2 unspecified atom stereocenters. The summed E-state index contributed by atoms with van der Waals surface area (Å²) in [5.41, 5.74) is 0. The van der Waals surface area contributed by atoms with Gasteiger partial charge < -0.3 is 31.1 Å². The van der Waals surface area contributed by atoms with Crippen molar-refractivity contribution in [3.8, 4) is 0 Å². The highest BCUT2D eigenvalue weighted by Gasteiger charge is 2.27. The largest absolute Gasteiger partial charge is 0.395 e. The number of nitrogens with zero attached hydrogens (tertiary/aromatic N) is 3. The Morgan fingerprint density at radius 1 is 0.741 bits per heavy atom. The summed E-state index contributed by atoms with van der Waals surface area (Å²) < 4.78 is 0. The summed E-state index contributed by atoms with van der Waals surface area (Å²) in [5.74, 6) is 0. The molecule has 8 nitrogen and oxygen atoms in total. The van der Waals surface area contributed by atoms with Gasteiger partial charge in [-0.05, 0) is 7.05 Å². The first-order valence-corrected chi connectivity index (χ1v) is 12.3. The number of nitrogens with one attached hydrogen (secondary N) is 3. The number of β-amino-alcohol motifs (C(OH)–C–C–N with tert-alkyl or cyclic N) is 2. The zero-order chi connectivity index (χ0) is 19.3. The molecule has 3 aliphatic heterocycles. The van der Waals surface area contributed by atoms with Gasteiger partial charge in [-0.1, -0.05) is 21.6 Å². The molecular formula is C17H38N6O2S2. The van der Waals surface area contributed by atoms with E-state index in [2.05, 4.69) is 37.7 Å². The zero-order valence-electron chi connectivity index (χ0n) is 16.6. The van der Waals surface area contributed by atoms with E-state index in [1.165, 1.54) is 13.1 Å². The monoisotopic (exact) mass is 422 g/mol. The Balaban J connectivity index is 0.000000313. The van der Waals surface area contributed by atoms with Gasteiger partial charge in [0.05, 0.1) is 24.0 Å². The number of piperazine rings is 3. The van der Waals surface area contributed by atoms with Crippen LogP contribution in [0.25, 0.3) is 0 Å². The van der Waals surface area contributed by atoms with E-state index in [4.69, 9.17) is 10.2 Å². The van der Waals surface area contributed by atoms with Crippen molar-refractivity contribution in [3.05, 3.63) is 0 Å². The first kappa shape index (κ1) is 23.7. The maximum atomic E-state index is 9.14. The lowest BCUT2D eigenvalue weighted by molar-refractivity contribution is 0.165. The first-order chi connectivity index (χ1) is 13.2. The topological polar surface area (TPSA) is 86.3 Å². The molecule has 27 heavy (non-hydrogen) atoms. The Hall–Kier alpha value is 0.380. The molecule has 0 spiro atoms. The second-order valence-corrected chi connectivity index (χ2v) is 9.71. The third-order valence-corrected chi connectivity index (χ3v) is 8.15. The number of hydrogen-bond donors (Lipinski definition) is 5. The number of rotatable bonds is 7. The van der Waals surface area contributed by atoms with Crippen molar-refractivity contribution < 1.29 is 10.2 Å². The predicted octanol–water partition coefficient (Wildman–Crippen LogP) is -1.66. The lowest BCUT2D eigenvalue weighted by Gasteiger charge is -2.38. The lowest BCUT2D eigenvalue weighted by atomic mass is 10.3. The van der Waals surface area contributed by atoms with Gasteiger partial charge in [-0.15, -0.1) is 0 Å². The highest BCUT2D eigenvalue weighted by atomic mass is 33.1. The molecule has 5 N–H and O–H groups in total. The fourth-order valence-electron chi connectivity index (χ4n) is 3.31. The van der Waals surface area contributed by atoms with Crippen LogP contribution in [0.5, 0.6) is 0 Å². The molecule has 3 fully saturated rings. The quantitative estimate of drug-likeness (QED) is 0.307. The van der Waals surface area contributed by atoms with Crippen LogP contribution in [0.3, 0.4) is 0 Å². The van der Waals surface area contributed by atoms with E-state index in [1.807, 2.05) is 21.6 Å². The molecular weight excluding hydrogens is 384 g/mol. The van der Waals surface area contributed by atoms with Crippen molar-refractivity contribution in [2.75, 3.05) is 98.8 Å². The van der Waals surface area contributed by atoms with Gasteiger partial charge in [0.1, 0.15) is 0 Å². The predicted molar refractivity (Wildman–Crippen MR) is 116 cm³/mol.